The van der Waals surface area contributed by atoms with Crippen LogP contribution in [0.4, 0.5) is 26.3 Å². The molecule has 0 aromatic carbocycles. The molecular weight excluding hydrogens is 206 g/mol. The van der Waals surface area contributed by atoms with Crippen molar-refractivity contribution >= 4 is 0 Å². The molecule has 1 unspecified atom stereocenters. The minimum atomic E-state index is -6.09. The van der Waals surface area contributed by atoms with E-state index in [1.807, 2.05) is 0 Å². The van der Waals surface area contributed by atoms with Gasteiger partial charge in [-0.15, -0.1) is 0 Å². The van der Waals surface area contributed by atoms with Crippen molar-refractivity contribution < 1.29 is 36.6 Å². The minimum absolute atomic E-state index is 1.37. The average molecular weight is 212 g/mol. The fourth-order valence-electron chi connectivity index (χ4n) is 0.513. The summed E-state index contributed by atoms with van der Waals surface area (Å²) in [4.78, 5) is 0. The molecule has 0 aliphatic rings. The van der Waals surface area contributed by atoms with E-state index in [9.17, 15) is 26.3 Å². The lowest BCUT2D eigenvalue weighted by Gasteiger charge is -2.29. The highest BCUT2D eigenvalue weighted by atomic mass is 19.4. The van der Waals surface area contributed by atoms with Gasteiger partial charge < -0.3 is 10.2 Å². The van der Waals surface area contributed by atoms with E-state index >= 15 is 0 Å². The molecule has 0 fully saturated rings. The van der Waals surface area contributed by atoms with E-state index in [1.54, 1.807) is 0 Å². The first kappa shape index (κ1) is 12.5. The van der Waals surface area contributed by atoms with Crippen LogP contribution < -0.4 is 0 Å². The van der Waals surface area contributed by atoms with Crippen LogP contribution in [0.5, 0.6) is 0 Å². The van der Waals surface area contributed by atoms with Gasteiger partial charge in [0.15, 0.2) is 0 Å². The Morgan fingerprint density at radius 1 is 0.923 bits per heavy atom. The summed E-state index contributed by atoms with van der Waals surface area (Å²) < 4.78 is 70.9. The maximum absolute atomic E-state index is 12.2. The van der Waals surface area contributed by atoms with Crippen LogP contribution >= 0.6 is 0 Å². The Bertz CT molecular complexity index is 174. The van der Waals surface area contributed by atoms with Gasteiger partial charge in [0.2, 0.25) is 0 Å². The van der Waals surface area contributed by atoms with Crippen molar-refractivity contribution in [2.75, 3.05) is 6.61 Å². The predicted octanol–water partition coefficient (Wildman–Crippen LogP) is 1.22. The lowest BCUT2D eigenvalue weighted by molar-refractivity contribution is -0.387. The third-order valence-corrected chi connectivity index (χ3v) is 1.29. The predicted molar refractivity (Wildman–Crippen MR) is 28.8 cm³/mol. The van der Waals surface area contributed by atoms with Crippen LogP contribution in [-0.4, -0.2) is 34.8 Å². The SMILES string of the molecule is OCCC(F)(F)C(O)(F)C(F)(F)F. The van der Waals surface area contributed by atoms with Crippen molar-refractivity contribution in [3.05, 3.63) is 0 Å². The van der Waals surface area contributed by atoms with Crippen molar-refractivity contribution in [1.29, 1.82) is 0 Å². The molecule has 2 N–H and O–H groups in total. The summed E-state index contributed by atoms with van der Waals surface area (Å²) in [5.41, 5.74) is 0. The molecule has 0 saturated carbocycles. The molecule has 2 nitrogen and oxygen atoms in total. The van der Waals surface area contributed by atoms with Gasteiger partial charge in [0.1, 0.15) is 0 Å². The number of aliphatic hydroxyl groups excluding tert-OH is 1. The molecule has 0 radical (unpaired) electrons. The smallest absolute Gasteiger partial charge is 0.396 e. The molecule has 0 bridgehead atoms. The maximum Gasteiger partial charge on any atom is 0.454 e. The van der Waals surface area contributed by atoms with E-state index in [0.717, 1.165) is 0 Å². The molecule has 0 heterocycles. The molecule has 0 aromatic heterocycles. The Hall–Kier alpha value is -0.500. The largest absolute Gasteiger partial charge is 0.454 e. The van der Waals surface area contributed by atoms with Gasteiger partial charge in [-0.05, 0) is 0 Å². The van der Waals surface area contributed by atoms with Crippen LogP contribution in [0.3, 0.4) is 0 Å². The van der Waals surface area contributed by atoms with Crippen LogP contribution in [0.25, 0.3) is 0 Å². The molecule has 0 aliphatic carbocycles. The van der Waals surface area contributed by atoms with Gasteiger partial charge in [-0.1, -0.05) is 0 Å². The lowest BCUT2D eigenvalue weighted by atomic mass is 10.1. The fourth-order valence-corrected chi connectivity index (χ4v) is 0.513. The molecule has 0 spiro atoms. The monoisotopic (exact) mass is 212 g/mol. The molecule has 0 saturated heterocycles. The van der Waals surface area contributed by atoms with E-state index in [0.29, 0.717) is 0 Å². The average Bonchev–Trinajstić information content (AvgIpc) is 1.84. The van der Waals surface area contributed by atoms with Gasteiger partial charge in [-0.25, -0.2) is 0 Å². The van der Waals surface area contributed by atoms with E-state index in [-0.39, 0.29) is 0 Å². The number of hydrogen-bond donors (Lipinski definition) is 2. The Balaban J connectivity index is 4.81. The van der Waals surface area contributed by atoms with Crippen molar-refractivity contribution in [3.8, 4) is 0 Å². The van der Waals surface area contributed by atoms with Crippen molar-refractivity contribution in [2.45, 2.75) is 24.4 Å². The van der Waals surface area contributed by atoms with E-state index < -0.39 is 31.0 Å². The molecular formula is C5H6F6O2. The number of alkyl halides is 6. The van der Waals surface area contributed by atoms with Gasteiger partial charge in [-0.3, -0.25) is 0 Å². The minimum Gasteiger partial charge on any atom is -0.396 e. The molecule has 0 aromatic rings. The summed E-state index contributed by atoms with van der Waals surface area (Å²) in [6, 6.07) is 0. The van der Waals surface area contributed by atoms with Gasteiger partial charge in [0, 0.05) is 13.0 Å². The first-order chi connectivity index (χ1) is 5.56. The Labute approximate surface area is 68.8 Å². The Morgan fingerprint density at radius 2 is 1.31 bits per heavy atom. The van der Waals surface area contributed by atoms with Gasteiger partial charge >= 0.3 is 18.0 Å². The maximum atomic E-state index is 12.2. The summed E-state index contributed by atoms with van der Waals surface area (Å²) in [5, 5.41) is 15.8. The second kappa shape index (κ2) is 3.33. The highest BCUT2D eigenvalue weighted by Crippen LogP contribution is 2.44. The highest BCUT2D eigenvalue weighted by molar-refractivity contribution is 4.89. The summed E-state index contributed by atoms with van der Waals surface area (Å²) in [5.74, 6) is -10.7. The van der Waals surface area contributed by atoms with Gasteiger partial charge in [-0.2, -0.15) is 26.3 Å². The van der Waals surface area contributed by atoms with Crippen LogP contribution in [-0.2, 0) is 0 Å². The number of rotatable bonds is 3. The van der Waals surface area contributed by atoms with E-state index in [4.69, 9.17) is 10.2 Å². The standard InChI is InChI=1S/C5H6F6O2/c6-3(7,1-2-12)4(8,13)5(9,10)11/h12-13H,1-2H2. The number of aliphatic hydroxyl groups is 2. The quantitative estimate of drug-likeness (QED) is 0.690. The highest BCUT2D eigenvalue weighted by Gasteiger charge is 2.70. The van der Waals surface area contributed by atoms with Crippen LogP contribution in [0.15, 0.2) is 0 Å². The zero-order valence-corrected chi connectivity index (χ0v) is 6.08. The van der Waals surface area contributed by atoms with Crippen LogP contribution in [0.2, 0.25) is 0 Å². The normalized spacial score (nSPS) is 18.5. The van der Waals surface area contributed by atoms with Crippen molar-refractivity contribution in [1.82, 2.24) is 0 Å². The second-order valence-corrected chi connectivity index (χ2v) is 2.30. The fraction of sp³-hybridized carbons (Fsp3) is 1.00. The Morgan fingerprint density at radius 3 is 1.54 bits per heavy atom. The van der Waals surface area contributed by atoms with Crippen LogP contribution in [0.1, 0.15) is 6.42 Å². The lowest BCUT2D eigenvalue weighted by Crippen LogP contribution is -2.55. The molecule has 0 amide bonds. The summed E-state index contributed by atoms with van der Waals surface area (Å²) in [6.45, 7) is -1.37. The van der Waals surface area contributed by atoms with Gasteiger partial charge in [0.25, 0.3) is 0 Å². The third-order valence-electron chi connectivity index (χ3n) is 1.29. The summed E-state index contributed by atoms with van der Waals surface area (Å²) >= 11 is 0. The first-order valence-corrected chi connectivity index (χ1v) is 3.03. The number of halogens is 6. The zero-order valence-electron chi connectivity index (χ0n) is 6.08. The summed E-state index contributed by atoms with van der Waals surface area (Å²) in [6.07, 6.45) is -7.90. The zero-order chi connectivity index (χ0) is 10.9. The Kier molecular flexibility index (Phi) is 3.21. The summed E-state index contributed by atoms with van der Waals surface area (Å²) in [7, 11) is 0. The van der Waals surface area contributed by atoms with Crippen molar-refractivity contribution in [2.24, 2.45) is 0 Å². The van der Waals surface area contributed by atoms with Crippen molar-refractivity contribution in [3.63, 3.8) is 0 Å². The third kappa shape index (κ3) is 2.25. The first-order valence-electron chi connectivity index (χ1n) is 3.03. The van der Waals surface area contributed by atoms with Crippen LogP contribution in [0, 0.1) is 0 Å². The molecule has 1 atom stereocenters. The molecule has 80 valence electrons. The molecule has 13 heavy (non-hydrogen) atoms. The topological polar surface area (TPSA) is 40.5 Å². The molecule has 0 rings (SSSR count). The molecule has 0 aliphatic heterocycles. The van der Waals surface area contributed by atoms with E-state index in [2.05, 4.69) is 0 Å². The van der Waals surface area contributed by atoms with E-state index in [1.165, 1.54) is 0 Å². The number of hydrogen-bond acceptors (Lipinski definition) is 2. The second-order valence-electron chi connectivity index (χ2n) is 2.30. The van der Waals surface area contributed by atoms with Gasteiger partial charge in [0.05, 0.1) is 0 Å². The molecule has 8 heteroatoms.